The predicted molar refractivity (Wildman–Crippen MR) is 102 cm³/mol. The van der Waals surface area contributed by atoms with E-state index in [0.717, 1.165) is 10.8 Å². The number of halogens is 1. The summed E-state index contributed by atoms with van der Waals surface area (Å²) in [6.07, 6.45) is 1.21. The zero-order chi connectivity index (χ0) is 19.5. The number of carbonyl (C=O) groups is 1. The third-order valence-corrected chi connectivity index (χ3v) is 6.62. The second kappa shape index (κ2) is 6.51. The van der Waals surface area contributed by atoms with E-state index in [1.54, 1.807) is 6.07 Å². The topological polar surface area (TPSA) is 62.3 Å². The molecule has 2 aromatic rings. The molecule has 2 aromatic carbocycles. The highest BCUT2D eigenvalue weighted by Crippen LogP contribution is 2.48. The van der Waals surface area contributed by atoms with Gasteiger partial charge in [-0.25, -0.2) is 9.18 Å². The molecule has 2 unspecified atom stereocenters. The Morgan fingerprint density at radius 3 is 2.61 bits per heavy atom. The number of aliphatic hydroxyl groups is 1. The van der Waals surface area contributed by atoms with Gasteiger partial charge in [0.1, 0.15) is 18.3 Å². The molecule has 1 N–H and O–H groups in total. The Kier molecular flexibility index (Phi) is 4.19. The van der Waals surface area contributed by atoms with Crippen molar-refractivity contribution in [1.82, 2.24) is 4.90 Å². The Bertz CT molecular complexity index is 897. The number of fused-ring (bicyclic) bond motifs is 6. The number of morpholine rings is 1. The van der Waals surface area contributed by atoms with Crippen molar-refractivity contribution < 1.29 is 23.8 Å². The first-order valence-corrected chi connectivity index (χ1v) is 9.85. The second-order valence-electron chi connectivity index (χ2n) is 8.30. The van der Waals surface area contributed by atoms with Crippen LogP contribution in [0.25, 0.3) is 10.8 Å². The van der Waals surface area contributed by atoms with Gasteiger partial charge in [0, 0.05) is 31.3 Å². The molecule has 148 valence electrons. The highest BCUT2D eigenvalue weighted by atomic mass is 19.1. The number of piperidine rings is 1. The molecule has 5 nitrogen and oxygen atoms in total. The predicted octanol–water partition coefficient (Wildman–Crippen LogP) is 2.24. The SMILES string of the molecule is CN1[C@@H]2CC(OC(=O)C(F)(CO)Cc3cccc4ccccc34)C[C@H]1[C@@H]1O[C@@H]12. The van der Waals surface area contributed by atoms with Crippen LogP contribution in [0.1, 0.15) is 18.4 Å². The van der Waals surface area contributed by atoms with E-state index >= 15 is 4.39 Å². The van der Waals surface area contributed by atoms with Gasteiger partial charge in [-0.1, -0.05) is 42.5 Å². The molecule has 3 aliphatic rings. The van der Waals surface area contributed by atoms with Crippen molar-refractivity contribution in [3.63, 3.8) is 0 Å². The summed E-state index contributed by atoms with van der Waals surface area (Å²) in [5, 5.41) is 11.6. The summed E-state index contributed by atoms with van der Waals surface area (Å²) in [5.41, 5.74) is -1.77. The first-order valence-electron chi connectivity index (χ1n) is 9.85. The molecule has 3 aliphatic heterocycles. The number of ether oxygens (including phenoxy) is 2. The summed E-state index contributed by atoms with van der Waals surface area (Å²) in [4.78, 5) is 15.0. The minimum Gasteiger partial charge on any atom is -0.460 e. The maximum atomic E-state index is 15.5. The number of nitrogens with zero attached hydrogens (tertiary/aromatic N) is 1. The molecule has 6 heteroatoms. The normalized spacial score (nSPS) is 33.3. The summed E-state index contributed by atoms with van der Waals surface area (Å²) >= 11 is 0. The molecule has 3 saturated heterocycles. The Morgan fingerprint density at radius 1 is 1.21 bits per heavy atom. The number of epoxide rings is 1. The van der Waals surface area contributed by atoms with E-state index in [0.29, 0.717) is 18.4 Å². The largest absolute Gasteiger partial charge is 0.460 e. The van der Waals surface area contributed by atoms with Gasteiger partial charge in [-0.2, -0.15) is 0 Å². The van der Waals surface area contributed by atoms with E-state index in [-0.39, 0.29) is 36.8 Å². The quantitative estimate of drug-likeness (QED) is 0.632. The Morgan fingerprint density at radius 2 is 1.89 bits per heavy atom. The van der Waals surface area contributed by atoms with Crippen LogP contribution in [0.4, 0.5) is 4.39 Å². The smallest absolute Gasteiger partial charge is 0.346 e. The number of carbonyl (C=O) groups excluding carboxylic acids is 1. The average Bonchev–Trinajstić information content (AvgIpc) is 3.46. The number of hydrogen-bond acceptors (Lipinski definition) is 5. The third-order valence-electron chi connectivity index (χ3n) is 6.62. The molecule has 28 heavy (non-hydrogen) atoms. The van der Waals surface area contributed by atoms with Crippen molar-refractivity contribution in [3.8, 4) is 0 Å². The van der Waals surface area contributed by atoms with Crippen molar-refractivity contribution in [2.24, 2.45) is 0 Å². The van der Waals surface area contributed by atoms with E-state index in [9.17, 15) is 9.90 Å². The summed E-state index contributed by atoms with van der Waals surface area (Å²) in [6, 6.07) is 13.7. The lowest BCUT2D eigenvalue weighted by molar-refractivity contribution is -0.170. The number of benzene rings is 2. The number of likely N-dealkylation sites (N-methyl/N-ethyl adjacent to an activating group) is 1. The molecule has 0 saturated carbocycles. The molecule has 3 fully saturated rings. The van der Waals surface area contributed by atoms with Crippen LogP contribution in [0.15, 0.2) is 42.5 Å². The molecular formula is C22H24FNO4. The first-order chi connectivity index (χ1) is 13.5. The van der Waals surface area contributed by atoms with E-state index < -0.39 is 18.2 Å². The minimum absolute atomic E-state index is 0.211. The standard InChI is InChI=1S/C22H24FNO4/c1-24-17-9-15(10-18(24)20-19(17)28-20)27-21(26)22(23,12-25)11-14-7-4-6-13-5-2-3-8-16(13)14/h2-8,15,17-20,25H,9-12H2,1H3/t15?,17-,18+,19-,20+,22?. The number of rotatable bonds is 5. The lowest BCUT2D eigenvalue weighted by atomic mass is 9.92. The van der Waals surface area contributed by atoms with E-state index in [2.05, 4.69) is 11.9 Å². The summed E-state index contributed by atoms with van der Waals surface area (Å²) < 4.78 is 26.7. The average molecular weight is 385 g/mol. The Hall–Kier alpha value is -2.02. The lowest BCUT2D eigenvalue weighted by Crippen LogP contribution is -2.50. The van der Waals surface area contributed by atoms with Crippen LogP contribution in [0, 0.1) is 0 Å². The maximum absolute atomic E-state index is 15.5. The summed E-state index contributed by atoms with van der Waals surface area (Å²) in [7, 11) is 2.07. The van der Waals surface area contributed by atoms with Gasteiger partial charge in [0.2, 0.25) is 5.67 Å². The molecule has 2 bridgehead atoms. The lowest BCUT2D eigenvalue weighted by Gasteiger charge is -2.38. The van der Waals surface area contributed by atoms with Crippen LogP contribution in [0.2, 0.25) is 0 Å². The molecule has 0 radical (unpaired) electrons. The van der Waals surface area contributed by atoms with Crippen LogP contribution < -0.4 is 0 Å². The first kappa shape index (κ1) is 18.0. The monoisotopic (exact) mass is 385 g/mol. The van der Waals surface area contributed by atoms with Gasteiger partial charge in [-0.3, -0.25) is 4.90 Å². The van der Waals surface area contributed by atoms with Gasteiger partial charge in [0.15, 0.2) is 0 Å². The van der Waals surface area contributed by atoms with Crippen molar-refractivity contribution in [3.05, 3.63) is 48.0 Å². The third kappa shape index (κ3) is 2.82. The van der Waals surface area contributed by atoms with Gasteiger partial charge in [0.05, 0.1) is 6.61 Å². The number of esters is 1. The fourth-order valence-electron chi connectivity index (χ4n) is 4.99. The van der Waals surface area contributed by atoms with Gasteiger partial charge in [-0.05, 0) is 23.4 Å². The zero-order valence-corrected chi connectivity index (χ0v) is 15.8. The molecule has 0 aliphatic carbocycles. The minimum atomic E-state index is -2.45. The molecule has 0 aromatic heterocycles. The van der Waals surface area contributed by atoms with Gasteiger partial charge in [0.25, 0.3) is 0 Å². The van der Waals surface area contributed by atoms with Crippen molar-refractivity contribution >= 4 is 16.7 Å². The van der Waals surface area contributed by atoms with E-state index in [4.69, 9.17) is 9.47 Å². The van der Waals surface area contributed by atoms with Crippen LogP contribution in [0.3, 0.4) is 0 Å². The number of aliphatic hydroxyl groups excluding tert-OH is 1. The molecular weight excluding hydrogens is 361 g/mol. The molecule has 6 atom stereocenters. The van der Waals surface area contributed by atoms with Crippen LogP contribution in [-0.2, 0) is 20.7 Å². The zero-order valence-electron chi connectivity index (χ0n) is 15.8. The van der Waals surface area contributed by atoms with Gasteiger partial charge < -0.3 is 14.6 Å². The summed E-state index contributed by atoms with van der Waals surface area (Å²) in [6.45, 7) is -0.900. The Labute approximate surface area is 163 Å². The maximum Gasteiger partial charge on any atom is 0.346 e. The van der Waals surface area contributed by atoms with E-state index in [1.807, 2.05) is 36.4 Å². The highest BCUT2D eigenvalue weighted by molar-refractivity contribution is 5.87. The highest BCUT2D eigenvalue weighted by Gasteiger charge is 2.63. The van der Waals surface area contributed by atoms with Crippen molar-refractivity contribution in [1.29, 1.82) is 0 Å². The second-order valence-corrected chi connectivity index (χ2v) is 8.30. The van der Waals surface area contributed by atoms with Crippen molar-refractivity contribution in [2.45, 2.75) is 55.3 Å². The number of hydrogen-bond donors (Lipinski definition) is 1. The van der Waals surface area contributed by atoms with Crippen LogP contribution >= 0.6 is 0 Å². The fourth-order valence-corrected chi connectivity index (χ4v) is 4.99. The summed E-state index contributed by atoms with van der Waals surface area (Å²) in [5.74, 6) is -0.966. The molecule has 0 spiro atoms. The fraction of sp³-hybridized carbons (Fsp3) is 0.500. The molecule has 5 rings (SSSR count). The van der Waals surface area contributed by atoms with Crippen molar-refractivity contribution in [2.75, 3.05) is 13.7 Å². The number of alkyl halides is 1. The van der Waals surface area contributed by atoms with Gasteiger partial charge >= 0.3 is 5.97 Å². The molecule has 3 heterocycles. The Balaban J connectivity index is 1.32. The van der Waals surface area contributed by atoms with Crippen LogP contribution in [0.5, 0.6) is 0 Å². The van der Waals surface area contributed by atoms with Crippen LogP contribution in [-0.4, -0.2) is 65.7 Å². The van der Waals surface area contributed by atoms with E-state index in [1.165, 1.54) is 0 Å². The van der Waals surface area contributed by atoms with Gasteiger partial charge in [-0.15, -0.1) is 0 Å². The molecule has 0 amide bonds.